The van der Waals surface area contributed by atoms with E-state index in [4.69, 9.17) is 0 Å². The third-order valence-corrected chi connectivity index (χ3v) is 0. The first-order valence-corrected chi connectivity index (χ1v) is 0.925. The van der Waals surface area contributed by atoms with E-state index < -0.39 is 0 Å². The molecule has 0 fully saturated rings. The lowest BCUT2D eigenvalue weighted by Gasteiger charge is -1.24. The number of hydrogen-bond acceptors (Lipinski definition) is 1. The summed E-state index contributed by atoms with van der Waals surface area (Å²) in [4.78, 5) is 0. The van der Waals surface area contributed by atoms with Gasteiger partial charge in [0.2, 0.25) is 0 Å². The van der Waals surface area contributed by atoms with Crippen LogP contribution in [0.3, 0.4) is 0 Å². The summed E-state index contributed by atoms with van der Waals surface area (Å²) in [5, 5.41) is 0. The van der Waals surface area contributed by atoms with Crippen molar-refractivity contribution in [2.24, 2.45) is 0 Å². The first-order valence-electron chi connectivity index (χ1n) is 0.454. The molecule has 0 nitrogen and oxygen atoms in total. The van der Waals surface area contributed by atoms with Crippen LogP contribution in [0.5, 0.6) is 0 Å². The molecule has 0 spiro atoms. The maximum Gasteiger partial charge on any atom is 0.149 e. The Balaban J connectivity index is -0.00000000667. The summed E-state index contributed by atoms with van der Waals surface area (Å²) in [6.07, 6.45) is 0. The fraction of sp³-hybridized carbons (Fsp3) is 0.750. The van der Waals surface area contributed by atoms with Crippen LogP contribution < -0.4 is 0 Å². The van der Waals surface area contributed by atoms with Crippen LogP contribution in [0, 0.1) is 0 Å². The third-order valence-electron chi connectivity index (χ3n) is 0. The van der Waals surface area contributed by atoms with Crippen molar-refractivity contribution in [1.82, 2.24) is 0 Å². The average Bonchev–Trinajstić information content (AvgIpc) is 0.918. The Morgan fingerprint density at radius 1 is 1.17 bits per heavy atom. The van der Waals surface area contributed by atoms with E-state index in [2.05, 4.69) is 12.2 Å². The molecule has 0 amide bonds. The molecule has 42 valence electrons. The van der Waals surface area contributed by atoms with Crippen LogP contribution in [0.15, 0.2) is 0 Å². The van der Waals surface area contributed by atoms with Crippen molar-refractivity contribution in [3.63, 3.8) is 0 Å². The van der Waals surface area contributed by atoms with Crippen molar-refractivity contribution in [1.29, 1.82) is 0 Å². The molecule has 0 radical (unpaired) electrons. The predicted molar refractivity (Wildman–Crippen MR) is 35.0 cm³/mol. The van der Waals surface area contributed by atoms with Gasteiger partial charge in [-0.15, -0.1) is 0 Å². The molecule has 0 bridgehead atoms. The second-order valence-corrected chi connectivity index (χ2v) is 0.267. The lowest BCUT2D eigenvalue weighted by Crippen LogP contribution is -1.18. The highest BCUT2D eigenvalue weighted by Crippen LogP contribution is 1.40. The van der Waals surface area contributed by atoms with Gasteiger partial charge in [-0.25, -0.2) is 4.39 Å². The van der Waals surface area contributed by atoms with E-state index in [1.807, 2.05) is 0 Å². The molecule has 0 aliphatic heterocycles. The minimum atomic E-state index is 0. The van der Waals surface area contributed by atoms with Crippen LogP contribution in [-0.2, 0) is 0 Å². The molecular formula is C4H13FS. The highest BCUT2D eigenvalue weighted by atomic mass is 32.1. The number of hydrogen-bond donors (Lipinski definition) is 0. The van der Waals surface area contributed by atoms with E-state index in [0.717, 1.165) is 0 Å². The summed E-state index contributed by atoms with van der Waals surface area (Å²) in [7, 11) is 0. The molecule has 6 heavy (non-hydrogen) atoms. The Kier molecular flexibility index (Phi) is 483. The molecule has 0 aromatic rings. The highest BCUT2D eigenvalue weighted by molar-refractivity contribution is 7.78. The molecule has 0 aliphatic carbocycles. The van der Waals surface area contributed by atoms with E-state index in [9.17, 15) is 4.39 Å². The zero-order chi connectivity index (χ0) is 2.71. The van der Waals surface area contributed by atoms with Crippen LogP contribution in [-0.4, -0.2) is 5.62 Å². The van der Waals surface area contributed by atoms with Crippen molar-refractivity contribution in [3.05, 3.63) is 0 Å². The first-order chi connectivity index (χ1) is 1.41. The number of rotatable bonds is 0. The van der Waals surface area contributed by atoms with Crippen LogP contribution in [0.1, 0.15) is 22.3 Å². The molecule has 0 heterocycles. The van der Waals surface area contributed by atoms with Crippen molar-refractivity contribution >= 4 is 17.8 Å². The van der Waals surface area contributed by atoms with Gasteiger partial charge in [0.25, 0.3) is 0 Å². The van der Waals surface area contributed by atoms with E-state index in [0.29, 0.717) is 0 Å². The molecule has 0 saturated carbocycles. The van der Waals surface area contributed by atoms with Crippen LogP contribution in [0.25, 0.3) is 0 Å². The minimum Gasteiger partial charge on any atom is -0.203 e. The Labute approximate surface area is 45.4 Å². The van der Waals surface area contributed by atoms with Crippen molar-refractivity contribution in [2.45, 2.75) is 22.3 Å². The maximum atomic E-state index is 9.98. The molecule has 0 unspecified atom stereocenters. The fourth-order valence-corrected chi connectivity index (χ4v) is 0. The first kappa shape index (κ1) is 37.2. The molecule has 0 aliphatic rings. The Hall–Kier alpha value is 0.0200. The quantitative estimate of drug-likeness (QED) is 0.343. The minimum absolute atomic E-state index is 0. The molecule has 0 saturated heterocycles. The van der Waals surface area contributed by atoms with Crippen LogP contribution >= 0.6 is 12.2 Å². The van der Waals surface area contributed by atoms with Gasteiger partial charge >= 0.3 is 0 Å². The third kappa shape index (κ3) is 91700. The molecule has 0 aromatic carbocycles. The second-order valence-electron chi connectivity index (χ2n) is 0.0891. The zero-order valence-electron chi connectivity index (χ0n) is 1.36. The summed E-state index contributed by atoms with van der Waals surface area (Å²) in [6, 6.07) is 0. The Bertz CT molecular complexity index is 15.0. The summed E-state index contributed by atoms with van der Waals surface area (Å²) >= 11 is 3.60. The van der Waals surface area contributed by atoms with E-state index in [1.165, 1.54) is 0 Å². The highest BCUT2D eigenvalue weighted by Gasteiger charge is 1.23. The standard InChI is InChI=1S/CHFS.3CH4/c2-1-3;;;/h1H;3*1H4. The Morgan fingerprint density at radius 3 is 1.17 bits per heavy atom. The summed E-state index contributed by atoms with van der Waals surface area (Å²) < 4.78 is 9.98. The normalized spacial score (nSPS) is 2.17. The smallest absolute Gasteiger partial charge is 0.149 e. The van der Waals surface area contributed by atoms with Gasteiger partial charge in [0.05, 0.1) is 0 Å². The summed E-state index contributed by atoms with van der Waals surface area (Å²) in [5.41, 5.74) is 0.0833. The number of halogens is 1. The molecular weight excluding hydrogens is 99.1 g/mol. The predicted octanol–water partition coefficient (Wildman–Crippen LogP) is 2.82. The summed E-state index contributed by atoms with van der Waals surface area (Å²) in [6.45, 7) is 0. The number of thiocarbonyl (C=S) groups is 1. The maximum absolute atomic E-state index is 9.98. The fourth-order valence-electron chi connectivity index (χ4n) is 0. The zero-order valence-corrected chi connectivity index (χ0v) is 2.18. The van der Waals surface area contributed by atoms with Gasteiger partial charge in [0, 0.05) is 0 Å². The molecule has 0 rings (SSSR count). The summed E-state index contributed by atoms with van der Waals surface area (Å²) in [5.74, 6) is 0. The van der Waals surface area contributed by atoms with Crippen LogP contribution in [0.2, 0.25) is 0 Å². The van der Waals surface area contributed by atoms with E-state index in [-0.39, 0.29) is 27.9 Å². The van der Waals surface area contributed by atoms with E-state index in [1.54, 1.807) is 0 Å². The van der Waals surface area contributed by atoms with Gasteiger partial charge in [-0.2, -0.15) is 0 Å². The van der Waals surface area contributed by atoms with Gasteiger partial charge in [0.1, 0.15) is 5.62 Å². The van der Waals surface area contributed by atoms with Crippen LogP contribution in [0.4, 0.5) is 4.39 Å². The Morgan fingerprint density at radius 2 is 1.17 bits per heavy atom. The van der Waals surface area contributed by atoms with Gasteiger partial charge in [-0.3, -0.25) is 0 Å². The van der Waals surface area contributed by atoms with Gasteiger partial charge in [-0.05, 0) is 0 Å². The molecule has 0 atom stereocenters. The SMILES string of the molecule is C.C.C.FC=S. The van der Waals surface area contributed by atoms with Crippen molar-refractivity contribution in [3.8, 4) is 0 Å². The monoisotopic (exact) mass is 112 g/mol. The van der Waals surface area contributed by atoms with Gasteiger partial charge in [0.15, 0.2) is 0 Å². The largest absolute Gasteiger partial charge is 0.203 e. The van der Waals surface area contributed by atoms with Gasteiger partial charge in [-0.1, -0.05) is 34.5 Å². The molecule has 2 heteroatoms. The second kappa shape index (κ2) is 78.0. The topological polar surface area (TPSA) is 0 Å². The average molecular weight is 112 g/mol. The molecule has 0 N–H and O–H groups in total. The van der Waals surface area contributed by atoms with Crippen molar-refractivity contribution in [2.75, 3.05) is 0 Å². The molecule has 0 aromatic heterocycles. The van der Waals surface area contributed by atoms with Crippen molar-refractivity contribution < 1.29 is 4.39 Å². The lowest BCUT2D eigenvalue weighted by atomic mass is 11.8. The van der Waals surface area contributed by atoms with Gasteiger partial charge < -0.3 is 0 Å². The lowest BCUT2D eigenvalue weighted by molar-refractivity contribution is 0.862. The van der Waals surface area contributed by atoms with E-state index >= 15 is 0 Å².